The maximum atomic E-state index is 14.1. The number of aliphatic hydroxyl groups is 3. The van der Waals surface area contributed by atoms with Crippen LogP contribution in [0.4, 0.5) is 92.2 Å². The molecular formula is C17H18F21NO5S. The monoisotopic (exact) mass is 747 g/mol. The van der Waals surface area contributed by atoms with Crippen LogP contribution in [0.1, 0.15) is 13.3 Å². The van der Waals surface area contributed by atoms with Crippen LogP contribution in [0.5, 0.6) is 0 Å². The van der Waals surface area contributed by atoms with Crippen molar-refractivity contribution in [3.63, 3.8) is 0 Å². The number of nitrogens with zero attached hydrogens (tertiary/aromatic N) is 1. The lowest BCUT2D eigenvalue weighted by Crippen LogP contribution is -2.77. The maximum Gasteiger partial charge on any atom is 0.460 e. The fourth-order valence-electron chi connectivity index (χ4n) is 2.58. The first-order valence-corrected chi connectivity index (χ1v) is 12.2. The minimum Gasteiger partial charge on any atom is -0.395 e. The zero-order valence-corrected chi connectivity index (χ0v) is 22.0. The zero-order chi connectivity index (χ0) is 37.3. The number of hydrogen-bond donors (Lipinski definition) is 3. The van der Waals surface area contributed by atoms with Crippen molar-refractivity contribution >= 4 is 10.0 Å². The zero-order valence-electron chi connectivity index (χ0n) is 21.2. The van der Waals surface area contributed by atoms with Gasteiger partial charge in [-0.05, 0) is 6.42 Å². The summed E-state index contributed by atoms with van der Waals surface area (Å²) < 4.78 is 303. The average molecular weight is 747 g/mol. The van der Waals surface area contributed by atoms with Gasteiger partial charge in [0.1, 0.15) is 0 Å². The summed E-state index contributed by atoms with van der Waals surface area (Å²) in [4.78, 5) is 0. The van der Waals surface area contributed by atoms with Crippen LogP contribution in [0.25, 0.3) is 0 Å². The van der Waals surface area contributed by atoms with Crippen LogP contribution in [0, 0.1) is 0 Å². The fraction of sp³-hybridized carbons (Fsp3) is 1.00. The van der Waals surface area contributed by atoms with Crippen molar-refractivity contribution in [2.45, 2.75) is 72.2 Å². The summed E-state index contributed by atoms with van der Waals surface area (Å²) in [7, 11) is -7.54. The largest absolute Gasteiger partial charge is 0.460 e. The third kappa shape index (κ3) is 6.70. The van der Waals surface area contributed by atoms with Gasteiger partial charge >= 0.3 is 58.8 Å². The second-order valence-corrected chi connectivity index (χ2v) is 10.2. The molecule has 0 radical (unpaired) electrons. The molecule has 0 aliphatic carbocycles. The van der Waals surface area contributed by atoms with E-state index in [-0.39, 0.29) is 13.2 Å². The molecule has 0 aliphatic heterocycles. The van der Waals surface area contributed by atoms with Crippen molar-refractivity contribution < 1.29 is 116 Å². The molecule has 0 aromatic rings. The van der Waals surface area contributed by atoms with Gasteiger partial charge in [-0.1, -0.05) is 6.92 Å². The van der Waals surface area contributed by atoms with Crippen LogP contribution < -0.4 is 0 Å². The van der Waals surface area contributed by atoms with Crippen molar-refractivity contribution in [1.82, 2.24) is 4.31 Å². The molecule has 0 aliphatic rings. The molecule has 0 atom stereocenters. The number of alkyl halides is 21. The number of halogens is 21. The molecule has 3 N–H and O–H groups in total. The second kappa shape index (κ2) is 13.4. The number of sulfonamides is 1. The van der Waals surface area contributed by atoms with E-state index in [4.69, 9.17) is 15.3 Å². The van der Waals surface area contributed by atoms with Crippen molar-refractivity contribution in [3.05, 3.63) is 0 Å². The van der Waals surface area contributed by atoms with Crippen molar-refractivity contribution in [1.29, 1.82) is 0 Å². The standard InChI is InChI=1S/C15H12F21NO3S.C2H6O2/c1-2-3-37(4-5-38)41(39,40)15(35,36)13(30,31)11(26,27)9(22,23)7(18,19)6(16,17)8(20,21)10(24,25)12(28,29)14(32,33)34;3-1-2-4/h38H,2-5H2,1H3;3-4H,1-2H2. The summed E-state index contributed by atoms with van der Waals surface area (Å²) in [5.74, 6) is -72.4. The fourth-order valence-corrected chi connectivity index (χ4v) is 4.10. The highest BCUT2D eigenvalue weighted by atomic mass is 32.2. The van der Waals surface area contributed by atoms with Gasteiger partial charge in [0.25, 0.3) is 10.0 Å². The first-order valence-electron chi connectivity index (χ1n) is 10.7. The quantitative estimate of drug-likeness (QED) is 0.200. The first kappa shape index (κ1) is 45.4. The molecule has 0 aromatic heterocycles. The number of rotatable bonds is 15. The molecule has 0 bridgehead atoms. The summed E-state index contributed by atoms with van der Waals surface area (Å²) in [6.07, 6.45) is -8.80. The molecule has 0 unspecified atom stereocenters. The Kier molecular flexibility index (Phi) is 13.6. The van der Waals surface area contributed by atoms with E-state index < -0.39 is 99.3 Å². The van der Waals surface area contributed by atoms with Crippen LogP contribution in [0.2, 0.25) is 0 Å². The van der Waals surface area contributed by atoms with E-state index in [1.807, 2.05) is 0 Å². The highest BCUT2D eigenvalue weighted by molar-refractivity contribution is 7.90. The Bertz CT molecular complexity index is 1070. The number of aliphatic hydroxyl groups excluding tert-OH is 3. The molecule has 0 heterocycles. The summed E-state index contributed by atoms with van der Waals surface area (Å²) in [5.41, 5.74) is 0. The molecule has 0 saturated heterocycles. The normalized spacial score (nSPS) is 15.7. The molecule has 0 fully saturated rings. The minimum atomic E-state index is -9.37. The van der Waals surface area contributed by atoms with E-state index in [1.54, 1.807) is 0 Å². The third-order valence-corrected chi connectivity index (χ3v) is 7.02. The molecule has 0 amide bonds. The molecule has 6 nitrogen and oxygen atoms in total. The van der Waals surface area contributed by atoms with E-state index in [0.29, 0.717) is 0 Å². The summed E-state index contributed by atoms with van der Waals surface area (Å²) >= 11 is 0. The van der Waals surface area contributed by atoms with Gasteiger partial charge in [-0.25, -0.2) is 8.42 Å². The summed E-state index contributed by atoms with van der Waals surface area (Å²) in [5, 5.41) is 16.0. The molecule has 274 valence electrons. The molecule has 0 rings (SSSR count). The lowest BCUT2D eigenvalue weighted by Gasteiger charge is -2.44. The van der Waals surface area contributed by atoms with Crippen LogP contribution in [-0.2, 0) is 10.0 Å². The Balaban J connectivity index is 0. The lowest BCUT2D eigenvalue weighted by molar-refractivity contribution is -0.472. The van der Waals surface area contributed by atoms with Crippen LogP contribution in [0.15, 0.2) is 0 Å². The molecule has 0 spiro atoms. The van der Waals surface area contributed by atoms with Gasteiger partial charge in [0.05, 0.1) is 19.8 Å². The maximum absolute atomic E-state index is 14.1. The Morgan fingerprint density at radius 1 is 0.444 bits per heavy atom. The predicted octanol–water partition coefficient (Wildman–Crippen LogP) is 5.23. The topological polar surface area (TPSA) is 98.1 Å². The van der Waals surface area contributed by atoms with Crippen molar-refractivity contribution in [2.75, 3.05) is 32.9 Å². The second-order valence-electron chi connectivity index (χ2n) is 8.18. The smallest absolute Gasteiger partial charge is 0.395 e. The Labute approximate surface area is 236 Å². The molecule has 28 heteroatoms. The molecule has 45 heavy (non-hydrogen) atoms. The van der Waals surface area contributed by atoms with Gasteiger partial charge in [-0.15, -0.1) is 0 Å². The minimum absolute atomic E-state index is 0.125. The van der Waals surface area contributed by atoms with E-state index >= 15 is 0 Å². The van der Waals surface area contributed by atoms with Gasteiger partial charge < -0.3 is 15.3 Å². The van der Waals surface area contributed by atoms with Gasteiger partial charge in [0, 0.05) is 13.1 Å². The van der Waals surface area contributed by atoms with Crippen LogP contribution in [0.3, 0.4) is 0 Å². The van der Waals surface area contributed by atoms with Crippen LogP contribution >= 0.6 is 0 Å². The highest BCUT2D eigenvalue weighted by Gasteiger charge is 2.98. The van der Waals surface area contributed by atoms with Gasteiger partial charge in [0.2, 0.25) is 0 Å². The van der Waals surface area contributed by atoms with E-state index in [1.165, 1.54) is 0 Å². The van der Waals surface area contributed by atoms with Crippen molar-refractivity contribution in [3.8, 4) is 0 Å². The van der Waals surface area contributed by atoms with E-state index in [2.05, 4.69) is 0 Å². The molecule has 0 aromatic carbocycles. The summed E-state index contributed by atoms with van der Waals surface area (Å²) in [6.45, 7) is -4.18. The van der Waals surface area contributed by atoms with Gasteiger partial charge in [-0.2, -0.15) is 96.5 Å². The SMILES string of the molecule is CCCN(CCO)S(=O)(=O)C(F)(F)C(F)(F)C(F)(F)C(F)(F)C(F)(F)C(F)(F)C(F)(F)C(F)(F)C(F)(F)C(F)(F)F.OCCO. The van der Waals surface area contributed by atoms with Gasteiger partial charge in [-0.3, -0.25) is 0 Å². The van der Waals surface area contributed by atoms with Gasteiger partial charge in [0.15, 0.2) is 0 Å². The Morgan fingerprint density at radius 3 is 0.933 bits per heavy atom. The van der Waals surface area contributed by atoms with Crippen molar-refractivity contribution in [2.24, 2.45) is 0 Å². The average Bonchev–Trinajstić information content (AvgIpc) is 2.86. The number of hydrogen-bond acceptors (Lipinski definition) is 5. The summed E-state index contributed by atoms with van der Waals surface area (Å²) in [6, 6.07) is 0. The van der Waals surface area contributed by atoms with E-state index in [9.17, 15) is 101 Å². The Morgan fingerprint density at radius 2 is 0.711 bits per heavy atom. The third-order valence-electron chi connectivity index (χ3n) is 5.07. The molecule has 0 saturated carbocycles. The highest BCUT2D eigenvalue weighted by Crippen LogP contribution is 2.66. The Hall–Kier alpha value is -1.68. The first-order chi connectivity index (χ1) is 19.4. The predicted molar refractivity (Wildman–Crippen MR) is 103 cm³/mol. The lowest BCUT2D eigenvalue weighted by atomic mass is 9.87. The van der Waals surface area contributed by atoms with E-state index in [0.717, 1.165) is 6.92 Å². The molecular weight excluding hydrogens is 729 g/mol. The van der Waals surface area contributed by atoms with Crippen LogP contribution in [-0.4, -0.2) is 120 Å².